The van der Waals surface area contributed by atoms with Crippen LogP contribution >= 0.6 is 11.8 Å². The van der Waals surface area contributed by atoms with Crippen LogP contribution in [0.2, 0.25) is 0 Å². The summed E-state index contributed by atoms with van der Waals surface area (Å²) in [7, 11) is 0. The van der Waals surface area contributed by atoms with Gasteiger partial charge in [0, 0.05) is 30.1 Å². The molecular weight excluding hydrogens is 232 g/mol. The normalized spacial score (nSPS) is 28.2. The molecule has 3 nitrogen and oxygen atoms in total. The molecule has 0 radical (unpaired) electrons. The minimum atomic E-state index is 0.224. The second kappa shape index (κ2) is 5.46. The molecule has 96 valence electrons. The molecule has 2 N–H and O–H groups in total. The summed E-state index contributed by atoms with van der Waals surface area (Å²) in [6, 6.07) is 4.85. The van der Waals surface area contributed by atoms with Crippen molar-refractivity contribution in [3.05, 3.63) is 23.7 Å². The van der Waals surface area contributed by atoms with Crippen LogP contribution in [0.3, 0.4) is 0 Å². The predicted octanol–water partition coefficient (Wildman–Crippen LogP) is 2.41. The maximum Gasteiger partial charge on any atom is 0.122 e. The molecule has 3 unspecified atom stereocenters. The number of hydrogen-bond acceptors (Lipinski definition) is 4. The highest BCUT2D eigenvalue weighted by Gasteiger charge is 2.32. The van der Waals surface area contributed by atoms with E-state index in [4.69, 9.17) is 10.2 Å². The average molecular weight is 254 g/mol. The Kier molecular flexibility index (Phi) is 4.17. The molecule has 3 atom stereocenters. The van der Waals surface area contributed by atoms with Crippen molar-refractivity contribution in [3.63, 3.8) is 0 Å². The lowest BCUT2D eigenvalue weighted by Gasteiger charge is -2.41. The van der Waals surface area contributed by atoms with E-state index >= 15 is 0 Å². The van der Waals surface area contributed by atoms with Crippen LogP contribution in [0.1, 0.15) is 31.4 Å². The van der Waals surface area contributed by atoms with Crippen molar-refractivity contribution in [2.24, 2.45) is 5.73 Å². The SMILES string of the molecule is Cc1ccc(C(CN)N2CCSC(C)C2C)o1. The van der Waals surface area contributed by atoms with E-state index < -0.39 is 0 Å². The number of hydrogen-bond donors (Lipinski definition) is 1. The zero-order chi connectivity index (χ0) is 12.4. The molecule has 0 aliphatic carbocycles. The first kappa shape index (κ1) is 13.0. The Morgan fingerprint density at radius 3 is 2.88 bits per heavy atom. The monoisotopic (exact) mass is 254 g/mol. The van der Waals surface area contributed by atoms with Gasteiger partial charge < -0.3 is 10.2 Å². The van der Waals surface area contributed by atoms with Gasteiger partial charge in [0.1, 0.15) is 11.5 Å². The van der Waals surface area contributed by atoms with Gasteiger partial charge in [0.05, 0.1) is 6.04 Å². The van der Waals surface area contributed by atoms with Crippen LogP contribution < -0.4 is 5.73 Å². The molecule has 17 heavy (non-hydrogen) atoms. The maximum absolute atomic E-state index is 5.94. The van der Waals surface area contributed by atoms with Gasteiger partial charge >= 0.3 is 0 Å². The number of thioether (sulfide) groups is 1. The van der Waals surface area contributed by atoms with E-state index in [1.165, 1.54) is 5.75 Å². The van der Waals surface area contributed by atoms with Crippen LogP contribution in [0.4, 0.5) is 0 Å². The highest BCUT2D eigenvalue weighted by Crippen LogP contribution is 2.31. The first-order chi connectivity index (χ1) is 8.13. The Labute approximate surface area is 108 Å². The summed E-state index contributed by atoms with van der Waals surface area (Å²) in [6.07, 6.45) is 0. The van der Waals surface area contributed by atoms with E-state index in [9.17, 15) is 0 Å². The molecule has 0 amide bonds. The van der Waals surface area contributed by atoms with Crippen molar-refractivity contribution in [1.29, 1.82) is 0 Å². The molecule has 4 heteroatoms. The number of furan rings is 1. The smallest absolute Gasteiger partial charge is 0.122 e. The summed E-state index contributed by atoms with van der Waals surface area (Å²) in [4.78, 5) is 2.49. The minimum absolute atomic E-state index is 0.224. The zero-order valence-electron chi connectivity index (χ0n) is 10.8. The molecule has 2 rings (SSSR count). The van der Waals surface area contributed by atoms with Gasteiger partial charge in [0.25, 0.3) is 0 Å². The third kappa shape index (κ3) is 2.69. The Morgan fingerprint density at radius 2 is 2.29 bits per heavy atom. The first-order valence-electron chi connectivity index (χ1n) is 6.27. The van der Waals surface area contributed by atoms with Crippen molar-refractivity contribution in [1.82, 2.24) is 4.90 Å². The lowest BCUT2D eigenvalue weighted by atomic mass is 10.1. The molecule has 0 saturated carbocycles. The number of aryl methyl sites for hydroxylation is 1. The fourth-order valence-corrected chi connectivity index (χ4v) is 3.57. The predicted molar refractivity (Wildman–Crippen MR) is 73.3 cm³/mol. The van der Waals surface area contributed by atoms with Crippen molar-refractivity contribution in [3.8, 4) is 0 Å². The van der Waals surface area contributed by atoms with Gasteiger partial charge in [0.2, 0.25) is 0 Å². The molecule has 1 fully saturated rings. The van der Waals surface area contributed by atoms with Gasteiger partial charge in [-0.3, -0.25) is 4.90 Å². The summed E-state index contributed by atoms with van der Waals surface area (Å²) >= 11 is 2.05. The Balaban J connectivity index is 2.17. The third-order valence-electron chi connectivity index (χ3n) is 3.65. The fraction of sp³-hybridized carbons (Fsp3) is 0.692. The summed E-state index contributed by atoms with van der Waals surface area (Å²) < 4.78 is 5.74. The molecule has 0 spiro atoms. The van der Waals surface area contributed by atoms with Crippen LogP contribution in [0, 0.1) is 6.92 Å². The van der Waals surface area contributed by atoms with Crippen LogP contribution in [0.15, 0.2) is 16.5 Å². The topological polar surface area (TPSA) is 42.4 Å². The van der Waals surface area contributed by atoms with Gasteiger partial charge in [0.15, 0.2) is 0 Å². The van der Waals surface area contributed by atoms with Gasteiger partial charge in [-0.15, -0.1) is 0 Å². The molecule has 0 aromatic carbocycles. The largest absolute Gasteiger partial charge is 0.465 e. The minimum Gasteiger partial charge on any atom is -0.465 e. The van der Waals surface area contributed by atoms with Crippen LogP contribution in [0.5, 0.6) is 0 Å². The summed E-state index contributed by atoms with van der Waals surface area (Å²) in [5.74, 6) is 3.16. The molecule has 0 bridgehead atoms. The second-order valence-electron chi connectivity index (χ2n) is 4.75. The van der Waals surface area contributed by atoms with E-state index in [0.29, 0.717) is 17.8 Å². The Morgan fingerprint density at radius 1 is 1.53 bits per heavy atom. The summed E-state index contributed by atoms with van der Waals surface area (Å²) in [5.41, 5.74) is 5.94. The van der Waals surface area contributed by atoms with Gasteiger partial charge in [-0.05, 0) is 26.0 Å². The van der Waals surface area contributed by atoms with Crippen LogP contribution in [-0.2, 0) is 0 Å². The van der Waals surface area contributed by atoms with Crippen molar-refractivity contribution >= 4 is 11.8 Å². The lowest BCUT2D eigenvalue weighted by Crippen LogP contribution is -2.48. The molecule has 2 heterocycles. The molecule has 1 saturated heterocycles. The second-order valence-corrected chi connectivity index (χ2v) is 6.24. The van der Waals surface area contributed by atoms with E-state index in [1.807, 2.05) is 24.8 Å². The van der Waals surface area contributed by atoms with Gasteiger partial charge in [-0.25, -0.2) is 0 Å². The lowest BCUT2D eigenvalue weighted by molar-refractivity contribution is 0.133. The number of nitrogens with two attached hydrogens (primary N) is 1. The highest BCUT2D eigenvalue weighted by molar-refractivity contribution is 8.00. The van der Waals surface area contributed by atoms with Crippen molar-refractivity contribution in [2.75, 3.05) is 18.8 Å². The summed E-state index contributed by atoms with van der Waals surface area (Å²) in [5, 5.41) is 0.661. The molecule has 1 aromatic rings. The van der Waals surface area contributed by atoms with Crippen molar-refractivity contribution in [2.45, 2.75) is 38.1 Å². The Hall–Kier alpha value is -0.450. The maximum atomic E-state index is 5.94. The molecule has 1 aromatic heterocycles. The van der Waals surface area contributed by atoms with E-state index in [0.717, 1.165) is 18.1 Å². The fourth-order valence-electron chi connectivity index (χ4n) is 2.44. The van der Waals surface area contributed by atoms with E-state index in [1.54, 1.807) is 0 Å². The molecule has 1 aliphatic rings. The third-order valence-corrected chi connectivity index (χ3v) is 4.98. The van der Waals surface area contributed by atoms with Crippen LogP contribution in [-0.4, -0.2) is 35.0 Å². The van der Waals surface area contributed by atoms with E-state index in [2.05, 4.69) is 24.8 Å². The number of rotatable bonds is 3. The van der Waals surface area contributed by atoms with E-state index in [-0.39, 0.29) is 6.04 Å². The zero-order valence-corrected chi connectivity index (χ0v) is 11.7. The average Bonchev–Trinajstić information content (AvgIpc) is 2.72. The summed E-state index contributed by atoms with van der Waals surface area (Å²) in [6.45, 7) is 8.28. The molecule has 1 aliphatic heterocycles. The first-order valence-corrected chi connectivity index (χ1v) is 7.32. The van der Waals surface area contributed by atoms with Gasteiger partial charge in [-0.1, -0.05) is 6.92 Å². The quantitative estimate of drug-likeness (QED) is 0.899. The highest BCUT2D eigenvalue weighted by atomic mass is 32.2. The van der Waals surface area contributed by atoms with Crippen LogP contribution in [0.25, 0.3) is 0 Å². The standard InChI is InChI=1S/C13H22N2OS/c1-9-4-5-13(16-9)12(8-14)15-6-7-17-11(3)10(15)2/h4-5,10-12H,6-8,14H2,1-3H3. The molecular formula is C13H22N2OS. The van der Waals surface area contributed by atoms with Crippen molar-refractivity contribution < 1.29 is 4.42 Å². The Bertz CT molecular complexity index is 366. The number of nitrogens with zero attached hydrogens (tertiary/aromatic N) is 1. The van der Waals surface area contributed by atoms with Gasteiger partial charge in [-0.2, -0.15) is 11.8 Å².